The van der Waals surface area contributed by atoms with E-state index in [1.54, 1.807) is 24.3 Å². The van der Waals surface area contributed by atoms with Crippen LogP contribution in [0.25, 0.3) is 10.4 Å². The number of carboxylic acid groups (broad SMARTS) is 1. The van der Waals surface area contributed by atoms with Crippen LogP contribution in [-0.4, -0.2) is 24.4 Å². The number of hydrogen-bond acceptors (Lipinski definition) is 6. The molecule has 142 valence electrons. The first-order valence-corrected chi connectivity index (χ1v) is 10.3. The van der Waals surface area contributed by atoms with Gasteiger partial charge in [-0.15, -0.1) is 11.3 Å². The smallest absolute Gasteiger partial charge is 0.345 e. The van der Waals surface area contributed by atoms with Crippen molar-refractivity contribution in [1.29, 1.82) is 0 Å². The molecule has 1 aliphatic rings. The highest BCUT2D eigenvalue weighted by atomic mass is 32.2. The molecule has 1 aromatic heterocycles. The van der Waals surface area contributed by atoms with E-state index in [2.05, 4.69) is 0 Å². The second-order valence-electron chi connectivity index (χ2n) is 6.05. The van der Waals surface area contributed by atoms with E-state index < -0.39 is 20.9 Å². The zero-order chi connectivity index (χ0) is 20.1. The quantitative estimate of drug-likeness (QED) is 0.511. The summed E-state index contributed by atoms with van der Waals surface area (Å²) in [6, 6.07) is 13.0. The largest absolute Gasteiger partial charge is 0.477 e. The Morgan fingerprint density at radius 1 is 1.14 bits per heavy atom. The van der Waals surface area contributed by atoms with Gasteiger partial charge in [-0.2, -0.15) is 0 Å². The van der Waals surface area contributed by atoms with Gasteiger partial charge >= 0.3 is 5.97 Å². The lowest BCUT2D eigenvalue weighted by atomic mass is 10.0. The van der Waals surface area contributed by atoms with E-state index in [1.165, 1.54) is 22.5 Å². The SMILES string of the molecule is O=C(O)c1cc2c(s1)-c1ccccc1N(S(=O)(=O)c1ccc([N+](=O)[O-])cc1)C2. The minimum atomic E-state index is -4.00. The van der Waals surface area contributed by atoms with E-state index in [0.717, 1.165) is 28.3 Å². The van der Waals surface area contributed by atoms with E-state index in [0.29, 0.717) is 16.8 Å². The highest BCUT2D eigenvalue weighted by Crippen LogP contribution is 2.45. The topological polar surface area (TPSA) is 118 Å². The van der Waals surface area contributed by atoms with Crippen LogP contribution in [0.5, 0.6) is 0 Å². The Hall–Kier alpha value is -3.24. The third-order valence-corrected chi connectivity index (χ3v) is 7.36. The molecule has 0 saturated carbocycles. The van der Waals surface area contributed by atoms with Gasteiger partial charge in [0.2, 0.25) is 0 Å². The van der Waals surface area contributed by atoms with Crippen LogP contribution in [0.1, 0.15) is 15.2 Å². The van der Waals surface area contributed by atoms with Crippen molar-refractivity contribution in [3.8, 4) is 10.4 Å². The highest BCUT2D eigenvalue weighted by Gasteiger charge is 2.33. The number of nitro benzene ring substituents is 1. The van der Waals surface area contributed by atoms with E-state index >= 15 is 0 Å². The van der Waals surface area contributed by atoms with Crippen LogP contribution < -0.4 is 4.31 Å². The second kappa shape index (κ2) is 6.43. The maximum Gasteiger partial charge on any atom is 0.345 e. The van der Waals surface area contributed by atoms with Gasteiger partial charge in [0, 0.05) is 22.6 Å². The molecular formula is C18H12N2O6S2. The van der Waals surface area contributed by atoms with Crippen LogP contribution in [0, 0.1) is 10.1 Å². The van der Waals surface area contributed by atoms with Crippen molar-refractivity contribution in [2.45, 2.75) is 11.4 Å². The molecule has 4 rings (SSSR count). The molecule has 0 fully saturated rings. The number of hydrogen-bond donors (Lipinski definition) is 1. The summed E-state index contributed by atoms with van der Waals surface area (Å²) in [6.07, 6.45) is 0. The zero-order valence-electron chi connectivity index (χ0n) is 14.1. The van der Waals surface area contributed by atoms with Gasteiger partial charge < -0.3 is 5.11 Å². The van der Waals surface area contributed by atoms with Crippen molar-refractivity contribution in [1.82, 2.24) is 0 Å². The van der Waals surface area contributed by atoms with Gasteiger partial charge in [-0.3, -0.25) is 14.4 Å². The Morgan fingerprint density at radius 3 is 2.46 bits per heavy atom. The Labute approximate surface area is 163 Å². The number of thiophene rings is 1. The van der Waals surface area contributed by atoms with E-state index in [9.17, 15) is 28.4 Å². The van der Waals surface area contributed by atoms with Gasteiger partial charge in [-0.05, 0) is 29.8 Å². The van der Waals surface area contributed by atoms with Crippen LogP contribution in [-0.2, 0) is 16.6 Å². The van der Waals surface area contributed by atoms with Gasteiger partial charge in [-0.1, -0.05) is 18.2 Å². The summed E-state index contributed by atoms with van der Waals surface area (Å²) >= 11 is 1.10. The van der Waals surface area contributed by atoms with Crippen molar-refractivity contribution in [3.05, 3.63) is 75.2 Å². The molecule has 0 atom stereocenters. The van der Waals surface area contributed by atoms with Crippen LogP contribution in [0.15, 0.2) is 59.5 Å². The number of sulfonamides is 1. The number of para-hydroxylation sites is 1. The molecule has 8 nitrogen and oxygen atoms in total. The van der Waals surface area contributed by atoms with Crippen LogP contribution in [0.2, 0.25) is 0 Å². The summed E-state index contributed by atoms with van der Waals surface area (Å²) in [4.78, 5) is 22.3. The third-order valence-electron chi connectivity index (χ3n) is 4.39. The van der Waals surface area contributed by atoms with Crippen molar-refractivity contribution >= 4 is 38.7 Å². The molecule has 1 N–H and O–H groups in total. The molecule has 0 amide bonds. The first-order valence-electron chi connectivity index (χ1n) is 8.01. The number of fused-ring (bicyclic) bond motifs is 3. The lowest BCUT2D eigenvalue weighted by Gasteiger charge is -2.30. The summed E-state index contributed by atoms with van der Waals surface area (Å²) in [7, 11) is -4.00. The lowest BCUT2D eigenvalue weighted by Crippen LogP contribution is -2.32. The predicted molar refractivity (Wildman–Crippen MR) is 103 cm³/mol. The molecule has 0 aliphatic carbocycles. The minimum absolute atomic E-state index is 0.0184. The Balaban J connectivity index is 1.83. The molecule has 0 saturated heterocycles. The molecule has 0 bridgehead atoms. The monoisotopic (exact) mass is 416 g/mol. The van der Waals surface area contributed by atoms with E-state index in [1.807, 2.05) is 0 Å². The fourth-order valence-corrected chi connectivity index (χ4v) is 5.59. The number of nitrogens with zero attached hydrogens (tertiary/aromatic N) is 2. The summed E-state index contributed by atoms with van der Waals surface area (Å²) in [5, 5.41) is 20.1. The number of aromatic carboxylic acids is 1. The number of rotatable bonds is 4. The van der Waals surface area contributed by atoms with Crippen molar-refractivity contribution in [2.24, 2.45) is 0 Å². The van der Waals surface area contributed by atoms with E-state index in [4.69, 9.17) is 0 Å². The highest BCUT2D eigenvalue weighted by molar-refractivity contribution is 7.92. The van der Waals surface area contributed by atoms with Crippen LogP contribution in [0.4, 0.5) is 11.4 Å². The molecule has 2 heterocycles. The van der Waals surface area contributed by atoms with Crippen molar-refractivity contribution in [3.63, 3.8) is 0 Å². The van der Waals surface area contributed by atoms with Crippen LogP contribution in [0.3, 0.4) is 0 Å². The third kappa shape index (κ3) is 2.83. The Kier molecular flexibility index (Phi) is 4.16. The average molecular weight is 416 g/mol. The lowest BCUT2D eigenvalue weighted by molar-refractivity contribution is -0.384. The number of carbonyl (C=O) groups is 1. The van der Waals surface area contributed by atoms with Gasteiger partial charge in [0.1, 0.15) is 4.88 Å². The molecule has 0 unspecified atom stereocenters. The predicted octanol–water partition coefficient (Wildman–Crippen LogP) is 3.73. The average Bonchev–Trinajstić information content (AvgIpc) is 3.12. The first-order chi connectivity index (χ1) is 13.3. The summed E-state index contributed by atoms with van der Waals surface area (Å²) in [6.45, 7) is -0.0184. The molecule has 28 heavy (non-hydrogen) atoms. The number of carboxylic acids is 1. The molecule has 0 radical (unpaired) electrons. The fourth-order valence-electron chi connectivity index (χ4n) is 3.08. The number of benzene rings is 2. The molecule has 0 spiro atoms. The first kappa shape index (κ1) is 18.1. The normalized spacial score (nSPS) is 12.9. The second-order valence-corrected chi connectivity index (χ2v) is 8.96. The molecule has 1 aliphatic heterocycles. The van der Waals surface area contributed by atoms with Crippen LogP contribution >= 0.6 is 11.3 Å². The van der Waals surface area contributed by atoms with Crippen molar-refractivity contribution < 1.29 is 23.2 Å². The fraction of sp³-hybridized carbons (Fsp3) is 0.0556. The summed E-state index contributed by atoms with van der Waals surface area (Å²) < 4.78 is 27.6. The standard InChI is InChI=1S/C18H12N2O6S2/c21-18(22)16-9-11-10-19(15-4-2-1-3-14(15)17(11)27-16)28(25,26)13-7-5-12(6-8-13)20(23)24/h1-9H,10H2,(H,21,22). The number of non-ortho nitro benzene ring substituents is 1. The molecule has 3 aromatic rings. The molecular weight excluding hydrogens is 404 g/mol. The molecule has 10 heteroatoms. The van der Waals surface area contributed by atoms with Gasteiger partial charge in [0.25, 0.3) is 15.7 Å². The van der Waals surface area contributed by atoms with Gasteiger partial charge in [0.15, 0.2) is 0 Å². The summed E-state index contributed by atoms with van der Waals surface area (Å²) in [5.74, 6) is -1.07. The van der Waals surface area contributed by atoms with Gasteiger partial charge in [-0.25, -0.2) is 13.2 Å². The Morgan fingerprint density at radius 2 is 1.82 bits per heavy atom. The zero-order valence-corrected chi connectivity index (χ0v) is 15.7. The number of anilines is 1. The maximum absolute atomic E-state index is 13.2. The number of nitro groups is 1. The minimum Gasteiger partial charge on any atom is -0.477 e. The van der Waals surface area contributed by atoms with Crippen molar-refractivity contribution in [2.75, 3.05) is 4.31 Å². The van der Waals surface area contributed by atoms with E-state index in [-0.39, 0.29) is 22.0 Å². The molecule has 2 aromatic carbocycles. The maximum atomic E-state index is 13.2. The van der Waals surface area contributed by atoms with Gasteiger partial charge in [0.05, 0.1) is 22.1 Å². The summed E-state index contributed by atoms with van der Waals surface area (Å²) in [5.41, 5.74) is 1.47. The Bertz CT molecular complexity index is 1220.